The normalized spacial score (nSPS) is 17.5. The van der Waals surface area contributed by atoms with E-state index in [4.69, 9.17) is 9.47 Å². The second kappa shape index (κ2) is 4.24. The number of hydrogen-bond donors (Lipinski definition) is 0. The van der Waals surface area contributed by atoms with Crippen molar-refractivity contribution in [3.8, 4) is 0 Å². The number of rotatable bonds is 4. The molecule has 0 spiro atoms. The Morgan fingerprint density at radius 1 is 1.53 bits per heavy atom. The van der Waals surface area contributed by atoms with Crippen LogP contribution in [-0.2, 0) is 15.4 Å². The summed E-state index contributed by atoms with van der Waals surface area (Å²) in [5, 5.41) is 0. The molecule has 1 saturated heterocycles. The van der Waals surface area contributed by atoms with Crippen LogP contribution in [0.3, 0.4) is 0 Å². The van der Waals surface area contributed by atoms with Crippen LogP contribution >= 0.6 is 0 Å². The van der Waals surface area contributed by atoms with E-state index < -0.39 is 12.5 Å². The van der Waals surface area contributed by atoms with Crippen molar-refractivity contribution in [1.82, 2.24) is 0 Å². The lowest BCUT2D eigenvalue weighted by Gasteiger charge is -2.28. The van der Waals surface area contributed by atoms with Crippen LogP contribution in [0.1, 0.15) is 5.56 Å². The number of hydrogen-bond acceptors (Lipinski definition) is 2. The molecule has 2 rings (SSSR count). The van der Waals surface area contributed by atoms with Crippen LogP contribution in [0.5, 0.6) is 0 Å². The van der Waals surface area contributed by atoms with Crippen LogP contribution in [0.2, 0.25) is 0 Å². The number of halogens is 2. The summed E-state index contributed by atoms with van der Waals surface area (Å²) in [6.07, 6.45) is -0.177. The highest BCUT2D eigenvalue weighted by Crippen LogP contribution is 2.28. The zero-order valence-corrected chi connectivity index (χ0v) is 8.08. The molecule has 1 aliphatic heterocycles. The van der Waals surface area contributed by atoms with E-state index in [-0.39, 0.29) is 11.7 Å². The minimum atomic E-state index is -2.95. The lowest BCUT2D eigenvalue weighted by atomic mass is 10.1. The Morgan fingerprint density at radius 2 is 2.33 bits per heavy atom. The van der Waals surface area contributed by atoms with Crippen molar-refractivity contribution >= 4 is 0 Å². The first kappa shape index (κ1) is 10.5. The highest BCUT2D eigenvalue weighted by molar-refractivity contribution is 5.19. The molecule has 1 aromatic carbocycles. The average Bonchev–Trinajstić information content (AvgIpc) is 2.16. The van der Waals surface area contributed by atoms with Crippen LogP contribution in [0, 0.1) is 6.07 Å². The Kier molecular flexibility index (Phi) is 2.98. The maximum Gasteiger partial charge on any atom is 0.296 e. The molecule has 1 aromatic rings. The number of ether oxygens (including phenoxy) is 2. The summed E-state index contributed by atoms with van der Waals surface area (Å²) in [7, 11) is 0. The molecule has 0 aliphatic carbocycles. The quantitative estimate of drug-likeness (QED) is 0.761. The molecule has 0 atom stereocenters. The summed E-state index contributed by atoms with van der Waals surface area (Å²) < 4.78 is 36.8. The first-order chi connectivity index (χ1) is 7.18. The summed E-state index contributed by atoms with van der Waals surface area (Å²) in [5.74, 6) is -2.95. The van der Waals surface area contributed by atoms with Gasteiger partial charge < -0.3 is 9.47 Å². The Hall–Kier alpha value is -1.00. The van der Waals surface area contributed by atoms with Crippen molar-refractivity contribution in [1.29, 1.82) is 0 Å². The van der Waals surface area contributed by atoms with E-state index in [9.17, 15) is 8.78 Å². The zero-order chi connectivity index (χ0) is 10.7. The van der Waals surface area contributed by atoms with Gasteiger partial charge in [-0.1, -0.05) is 18.2 Å². The topological polar surface area (TPSA) is 18.5 Å². The first-order valence-corrected chi connectivity index (χ1v) is 4.72. The van der Waals surface area contributed by atoms with Gasteiger partial charge in [-0.25, -0.2) is 0 Å². The second-order valence-corrected chi connectivity index (χ2v) is 3.47. The van der Waals surface area contributed by atoms with Crippen molar-refractivity contribution in [3.05, 3.63) is 35.9 Å². The highest BCUT2D eigenvalue weighted by atomic mass is 19.3. The average molecular weight is 213 g/mol. The van der Waals surface area contributed by atoms with E-state index in [0.29, 0.717) is 13.2 Å². The minimum absolute atomic E-state index is 0.0646. The molecule has 1 fully saturated rings. The van der Waals surface area contributed by atoms with Gasteiger partial charge >= 0.3 is 0 Å². The zero-order valence-electron chi connectivity index (χ0n) is 8.08. The van der Waals surface area contributed by atoms with Crippen molar-refractivity contribution in [2.24, 2.45) is 0 Å². The fourth-order valence-corrected chi connectivity index (χ4v) is 1.24. The highest BCUT2D eigenvalue weighted by Gasteiger charge is 2.34. The maximum atomic E-state index is 13.5. The summed E-state index contributed by atoms with van der Waals surface area (Å²) in [6, 6.07) is 8.39. The van der Waals surface area contributed by atoms with Gasteiger partial charge in [0.05, 0.1) is 13.2 Å². The number of alkyl halides is 2. The summed E-state index contributed by atoms with van der Waals surface area (Å²) in [6.45, 7) is 0.229. The fraction of sp³-hybridized carbons (Fsp3) is 0.455. The van der Waals surface area contributed by atoms with Crippen LogP contribution in [0.15, 0.2) is 24.3 Å². The van der Waals surface area contributed by atoms with Crippen molar-refractivity contribution in [2.45, 2.75) is 12.0 Å². The number of benzene rings is 1. The molecule has 0 aromatic heterocycles. The van der Waals surface area contributed by atoms with Gasteiger partial charge in [0.25, 0.3) is 5.92 Å². The van der Waals surface area contributed by atoms with Crippen molar-refractivity contribution in [2.75, 3.05) is 19.8 Å². The van der Waals surface area contributed by atoms with E-state index in [2.05, 4.69) is 6.07 Å². The SMILES string of the molecule is FC(F)(COC1COC1)c1c[c]ccc1. The molecule has 0 amide bonds. The lowest BCUT2D eigenvalue weighted by Crippen LogP contribution is -2.38. The third-order valence-corrected chi connectivity index (χ3v) is 2.24. The molecular formula is C11H11F2O2. The predicted octanol–water partition coefficient (Wildman–Crippen LogP) is 1.99. The van der Waals surface area contributed by atoms with Gasteiger partial charge in [-0.05, 0) is 12.1 Å². The molecule has 81 valence electrons. The smallest absolute Gasteiger partial charge is 0.296 e. The monoisotopic (exact) mass is 213 g/mol. The van der Waals surface area contributed by atoms with Gasteiger partial charge in [0.15, 0.2) is 0 Å². The van der Waals surface area contributed by atoms with E-state index in [1.165, 1.54) is 18.2 Å². The maximum absolute atomic E-state index is 13.5. The Bertz CT molecular complexity index is 310. The second-order valence-electron chi connectivity index (χ2n) is 3.47. The first-order valence-electron chi connectivity index (χ1n) is 4.72. The molecule has 4 heteroatoms. The minimum Gasteiger partial charge on any atom is -0.376 e. The van der Waals surface area contributed by atoms with Gasteiger partial charge in [-0.3, -0.25) is 0 Å². The third kappa shape index (κ3) is 2.52. The van der Waals surface area contributed by atoms with Crippen molar-refractivity contribution in [3.63, 3.8) is 0 Å². The van der Waals surface area contributed by atoms with E-state index >= 15 is 0 Å². The van der Waals surface area contributed by atoms with E-state index in [1.54, 1.807) is 6.07 Å². The molecule has 0 bridgehead atoms. The predicted molar refractivity (Wildman–Crippen MR) is 49.7 cm³/mol. The van der Waals surface area contributed by atoms with E-state index in [1.807, 2.05) is 0 Å². The Labute approximate surface area is 86.8 Å². The third-order valence-electron chi connectivity index (χ3n) is 2.24. The largest absolute Gasteiger partial charge is 0.376 e. The molecule has 1 heterocycles. The van der Waals surface area contributed by atoms with Crippen LogP contribution in [-0.4, -0.2) is 25.9 Å². The van der Waals surface area contributed by atoms with Gasteiger partial charge in [0.2, 0.25) is 0 Å². The lowest BCUT2D eigenvalue weighted by molar-refractivity contribution is -0.175. The van der Waals surface area contributed by atoms with Crippen LogP contribution in [0.25, 0.3) is 0 Å². The Balaban J connectivity index is 1.93. The molecule has 0 unspecified atom stereocenters. The van der Waals surface area contributed by atoms with Gasteiger partial charge in [0, 0.05) is 5.56 Å². The molecule has 0 N–H and O–H groups in total. The van der Waals surface area contributed by atoms with Gasteiger partial charge in [0.1, 0.15) is 12.7 Å². The summed E-state index contributed by atoms with van der Waals surface area (Å²) in [5.41, 5.74) is -0.0646. The van der Waals surface area contributed by atoms with Gasteiger partial charge in [-0.2, -0.15) is 8.78 Å². The van der Waals surface area contributed by atoms with Crippen LogP contribution < -0.4 is 0 Å². The Morgan fingerprint density at radius 3 is 2.87 bits per heavy atom. The molecular weight excluding hydrogens is 202 g/mol. The standard InChI is InChI=1S/C11H11F2O2/c12-11(13,8-15-10-6-14-7-10)9-4-2-1-3-5-9/h1-2,4-5,10H,6-8H2. The summed E-state index contributed by atoms with van der Waals surface area (Å²) in [4.78, 5) is 0. The fourth-order valence-electron chi connectivity index (χ4n) is 1.24. The van der Waals surface area contributed by atoms with Gasteiger partial charge in [-0.15, -0.1) is 0 Å². The molecule has 15 heavy (non-hydrogen) atoms. The summed E-state index contributed by atoms with van der Waals surface area (Å²) >= 11 is 0. The van der Waals surface area contributed by atoms with Crippen molar-refractivity contribution < 1.29 is 18.3 Å². The molecule has 2 nitrogen and oxygen atoms in total. The molecule has 0 saturated carbocycles. The molecule has 1 aliphatic rings. The molecule has 1 radical (unpaired) electrons. The van der Waals surface area contributed by atoms with E-state index in [0.717, 1.165) is 0 Å². The van der Waals surface area contributed by atoms with Crippen LogP contribution in [0.4, 0.5) is 8.78 Å².